The number of thioether (sulfide) groups is 1. The lowest BCUT2D eigenvalue weighted by Gasteiger charge is -2.19. The first-order chi connectivity index (χ1) is 9.56. The van der Waals surface area contributed by atoms with Gasteiger partial charge in [0, 0.05) is 17.6 Å². The van der Waals surface area contributed by atoms with Gasteiger partial charge >= 0.3 is 5.97 Å². The van der Waals surface area contributed by atoms with Crippen molar-refractivity contribution in [2.75, 3.05) is 19.0 Å². The lowest BCUT2D eigenvalue weighted by Crippen LogP contribution is -2.41. The highest BCUT2D eigenvalue weighted by Gasteiger charge is 2.19. The van der Waals surface area contributed by atoms with Crippen molar-refractivity contribution in [3.8, 4) is 11.5 Å². The van der Waals surface area contributed by atoms with Crippen LogP contribution in [-0.2, 0) is 9.59 Å². The molecule has 108 valence electrons. The molecular weight excluding hydrogens is 282 g/mol. The quantitative estimate of drug-likeness (QED) is 0.793. The molecule has 1 aliphatic rings. The van der Waals surface area contributed by atoms with Gasteiger partial charge in [-0.1, -0.05) is 0 Å². The SMILES string of the molecule is CC(=O)NC(CSc1ccc2c(c1)OCCO2)C(=O)O. The molecule has 0 radical (unpaired) electrons. The zero-order valence-corrected chi connectivity index (χ0v) is 11.7. The normalized spacial score (nSPS) is 14.4. The number of carboxylic acid groups (broad SMARTS) is 1. The maximum Gasteiger partial charge on any atom is 0.327 e. The third-order valence-corrected chi connectivity index (χ3v) is 3.69. The van der Waals surface area contributed by atoms with Gasteiger partial charge in [0.2, 0.25) is 5.91 Å². The Morgan fingerprint density at radius 2 is 2.05 bits per heavy atom. The highest BCUT2D eigenvalue weighted by molar-refractivity contribution is 7.99. The van der Waals surface area contributed by atoms with Gasteiger partial charge in [0.25, 0.3) is 0 Å². The molecule has 0 spiro atoms. The van der Waals surface area contributed by atoms with Crippen LogP contribution in [0.25, 0.3) is 0 Å². The molecule has 2 N–H and O–H groups in total. The van der Waals surface area contributed by atoms with E-state index >= 15 is 0 Å². The van der Waals surface area contributed by atoms with Crippen molar-refractivity contribution in [3.05, 3.63) is 18.2 Å². The first-order valence-corrected chi connectivity index (χ1v) is 7.07. The number of hydrogen-bond acceptors (Lipinski definition) is 5. The Hall–Kier alpha value is -1.89. The van der Waals surface area contributed by atoms with Crippen LogP contribution in [-0.4, -0.2) is 42.0 Å². The molecule has 20 heavy (non-hydrogen) atoms. The van der Waals surface area contributed by atoms with Gasteiger partial charge in [0.15, 0.2) is 11.5 Å². The predicted molar refractivity (Wildman–Crippen MR) is 73.4 cm³/mol. The van der Waals surface area contributed by atoms with Gasteiger partial charge < -0.3 is 19.9 Å². The van der Waals surface area contributed by atoms with E-state index in [1.807, 2.05) is 12.1 Å². The summed E-state index contributed by atoms with van der Waals surface area (Å²) in [5.74, 6) is 0.185. The molecule has 1 amide bonds. The number of fused-ring (bicyclic) bond motifs is 1. The second-order valence-electron chi connectivity index (χ2n) is 4.21. The van der Waals surface area contributed by atoms with E-state index in [1.165, 1.54) is 18.7 Å². The smallest absolute Gasteiger partial charge is 0.327 e. The first kappa shape index (κ1) is 14.5. The minimum absolute atomic E-state index is 0.245. The topological polar surface area (TPSA) is 84.9 Å². The summed E-state index contributed by atoms with van der Waals surface area (Å²) in [6.07, 6.45) is 0. The Kier molecular flexibility index (Phi) is 4.73. The zero-order chi connectivity index (χ0) is 14.5. The van der Waals surface area contributed by atoms with E-state index in [0.717, 1.165) is 4.90 Å². The molecule has 0 aliphatic carbocycles. The number of carboxylic acids is 1. The number of ether oxygens (including phenoxy) is 2. The van der Waals surface area contributed by atoms with Gasteiger partial charge in [-0.2, -0.15) is 0 Å². The standard InChI is InChI=1S/C13H15NO5S/c1-8(15)14-10(13(16)17)7-20-9-2-3-11-12(6-9)19-5-4-18-11/h2-3,6,10H,4-5,7H2,1H3,(H,14,15)(H,16,17). The van der Waals surface area contributed by atoms with Crippen molar-refractivity contribution < 1.29 is 24.2 Å². The third-order valence-electron chi connectivity index (χ3n) is 2.61. The summed E-state index contributed by atoms with van der Waals surface area (Å²) in [5, 5.41) is 11.4. The summed E-state index contributed by atoms with van der Waals surface area (Å²) in [5.41, 5.74) is 0. The highest BCUT2D eigenvalue weighted by Crippen LogP contribution is 2.34. The molecule has 0 aromatic heterocycles. The van der Waals surface area contributed by atoms with Crippen LogP contribution >= 0.6 is 11.8 Å². The fourth-order valence-electron chi connectivity index (χ4n) is 1.71. The highest BCUT2D eigenvalue weighted by atomic mass is 32.2. The lowest BCUT2D eigenvalue weighted by molar-refractivity contribution is -0.140. The van der Waals surface area contributed by atoms with E-state index in [1.54, 1.807) is 6.07 Å². The van der Waals surface area contributed by atoms with Crippen LogP contribution in [0.4, 0.5) is 0 Å². The Morgan fingerprint density at radius 3 is 2.70 bits per heavy atom. The number of hydrogen-bond donors (Lipinski definition) is 2. The molecule has 1 heterocycles. The minimum atomic E-state index is -1.05. The second kappa shape index (κ2) is 6.51. The van der Waals surface area contributed by atoms with E-state index in [9.17, 15) is 9.59 Å². The largest absolute Gasteiger partial charge is 0.486 e. The maximum absolute atomic E-state index is 11.0. The fourth-order valence-corrected chi connectivity index (χ4v) is 2.65. The van der Waals surface area contributed by atoms with Gasteiger partial charge in [-0.15, -0.1) is 11.8 Å². The Labute approximate surface area is 120 Å². The number of rotatable bonds is 5. The van der Waals surface area contributed by atoms with Gasteiger partial charge in [0.1, 0.15) is 19.3 Å². The minimum Gasteiger partial charge on any atom is -0.486 e. The summed E-state index contributed by atoms with van der Waals surface area (Å²) < 4.78 is 10.9. The maximum atomic E-state index is 11.0. The van der Waals surface area contributed by atoms with Gasteiger partial charge in [-0.3, -0.25) is 4.79 Å². The molecule has 0 fully saturated rings. The van der Waals surface area contributed by atoms with Crippen molar-refractivity contribution in [1.29, 1.82) is 0 Å². The Balaban J connectivity index is 1.98. The monoisotopic (exact) mass is 297 g/mol. The molecule has 0 saturated carbocycles. The van der Waals surface area contributed by atoms with Gasteiger partial charge in [-0.05, 0) is 18.2 Å². The Morgan fingerprint density at radius 1 is 1.35 bits per heavy atom. The van der Waals surface area contributed by atoms with Crippen LogP contribution in [0, 0.1) is 0 Å². The van der Waals surface area contributed by atoms with Gasteiger partial charge in [0.05, 0.1) is 0 Å². The number of amides is 1. The zero-order valence-electron chi connectivity index (χ0n) is 10.9. The molecule has 1 aromatic carbocycles. The molecule has 1 atom stereocenters. The molecule has 2 rings (SSSR count). The van der Waals surface area contributed by atoms with Crippen molar-refractivity contribution in [2.24, 2.45) is 0 Å². The van der Waals surface area contributed by atoms with E-state index in [2.05, 4.69) is 5.32 Å². The molecule has 1 aromatic rings. The number of aliphatic carboxylic acids is 1. The van der Waals surface area contributed by atoms with E-state index < -0.39 is 12.0 Å². The lowest BCUT2D eigenvalue weighted by atomic mass is 10.3. The summed E-state index contributed by atoms with van der Waals surface area (Å²) in [6, 6.07) is 4.53. The molecule has 1 unspecified atom stereocenters. The number of benzene rings is 1. The average molecular weight is 297 g/mol. The second-order valence-corrected chi connectivity index (χ2v) is 5.30. The molecule has 1 aliphatic heterocycles. The van der Waals surface area contributed by atoms with Gasteiger partial charge in [-0.25, -0.2) is 4.79 Å². The molecular formula is C13H15NO5S. The van der Waals surface area contributed by atoms with E-state index in [-0.39, 0.29) is 11.7 Å². The first-order valence-electron chi connectivity index (χ1n) is 6.08. The van der Waals surface area contributed by atoms with Crippen molar-refractivity contribution in [2.45, 2.75) is 17.9 Å². The van der Waals surface area contributed by atoms with Crippen LogP contribution in [0.5, 0.6) is 11.5 Å². The van der Waals surface area contributed by atoms with Crippen molar-refractivity contribution >= 4 is 23.6 Å². The summed E-state index contributed by atoms with van der Waals surface area (Å²) >= 11 is 1.34. The van der Waals surface area contributed by atoms with Crippen molar-refractivity contribution in [3.63, 3.8) is 0 Å². The predicted octanol–water partition coefficient (Wildman–Crippen LogP) is 1.14. The van der Waals surface area contributed by atoms with Crippen LogP contribution < -0.4 is 14.8 Å². The van der Waals surface area contributed by atoms with Crippen molar-refractivity contribution in [1.82, 2.24) is 5.32 Å². The number of carbonyl (C=O) groups excluding carboxylic acids is 1. The average Bonchev–Trinajstić information content (AvgIpc) is 2.42. The number of carbonyl (C=O) groups is 2. The van der Waals surface area contributed by atoms with E-state index in [0.29, 0.717) is 24.7 Å². The van der Waals surface area contributed by atoms with E-state index in [4.69, 9.17) is 14.6 Å². The number of nitrogens with one attached hydrogen (secondary N) is 1. The molecule has 0 saturated heterocycles. The molecule has 0 bridgehead atoms. The van der Waals surface area contributed by atoms with Crippen LogP contribution in [0.15, 0.2) is 23.1 Å². The fraction of sp³-hybridized carbons (Fsp3) is 0.385. The third kappa shape index (κ3) is 3.80. The van der Waals surface area contributed by atoms with Crippen LogP contribution in [0.1, 0.15) is 6.92 Å². The summed E-state index contributed by atoms with van der Waals surface area (Å²) in [7, 11) is 0. The molecule has 7 heteroatoms. The van der Waals surface area contributed by atoms with Crippen LogP contribution in [0.2, 0.25) is 0 Å². The molecule has 6 nitrogen and oxygen atoms in total. The summed E-state index contributed by atoms with van der Waals surface area (Å²) in [6.45, 7) is 2.33. The summed E-state index contributed by atoms with van der Waals surface area (Å²) in [4.78, 5) is 22.8. The Bertz CT molecular complexity index is 519. The van der Waals surface area contributed by atoms with Crippen LogP contribution in [0.3, 0.4) is 0 Å².